The van der Waals surface area contributed by atoms with Gasteiger partial charge >= 0.3 is 0 Å². The van der Waals surface area contributed by atoms with Crippen LogP contribution in [0.4, 0.5) is 0 Å². The third kappa shape index (κ3) is 2.33. The van der Waals surface area contributed by atoms with Gasteiger partial charge in [0.25, 0.3) is 0 Å². The van der Waals surface area contributed by atoms with Crippen LogP contribution in [0.1, 0.15) is 30.7 Å². The van der Waals surface area contributed by atoms with Gasteiger partial charge in [-0.05, 0) is 37.3 Å². The molecule has 12 heavy (non-hydrogen) atoms. The molecule has 0 aliphatic rings. The summed E-state index contributed by atoms with van der Waals surface area (Å²) in [4.78, 5) is 4.42. The van der Waals surface area contributed by atoms with Gasteiger partial charge in [-0.25, -0.2) is 0 Å². The van der Waals surface area contributed by atoms with Crippen molar-refractivity contribution >= 4 is 0 Å². The van der Waals surface area contributed by atoms with Crippen molar-refractivity contribution in [3.05, 3.63) is 29.1 Å². The van der Waals surface area contributed by atoms with E-state index in [0.717, 1.165) is 6.42 Å². The van der Waals surface area contributed by atoms with Gasteiger partial charge in [0.1, 0.15) is 0 Å². The summed E-state index contributed by atoms with van der Waals surface area (Å²) in [5.41, 5.74) is 3.82. The zero-order valence-electron chi connectivity index (χ0n) is 8.39. The van der Waals surface area contributed by atoms with Crippen LogP contribution in [0.15, 0.2) is 12.3 Å². The molecule has 0 N–H and O–H groups in total. The van der Waals surface area contributed by atoms with E-state index < -0.39 is 0 Å². The average Bonchev–Trinajstić information content (AvgIpc) is 1.94. The zero-order chi connectivity index (χ0) is 9.14. The molecule has 1 aromatic rings. The van der Waals surface area contributed by atoms with Crippen LogP contribution >= 0.6 is 0 Å². The van der Waals surface area contributed by atoms with Gasteiger partial charge in [0.2, 0.25) is 0 Å². The third-order valence-corrected chi connectivity index (χ3v) is 1.92. The molecule has 1 heterocycles. The van der Waals surface area contributed by atoms with E-state index in [1.807, 2.05) is 6.20 Å². The Labute approximate surface area is 74.8 Å². The van der Waals surface area contributed by atoms with E-state index in [0.29, 0.717) is 5.92 Å². The molecule has 1 nitrogen and oxygen atoms in total. The number of aryl methyl sites for hydroxylation is 2. The predicted molar refractivity (Wildman–Crippen MR) is 52.3 cm³/mol. The molecule has 1 heteroatoms. The number of rotatable bonds is 2. The maximum absolute atomic E-state index is 4.42. The first-order valence-corrected chi connectivity index (χ1v) is 4.51. The molecular formula is C11H17N. The minimum atomic E-state index is 0.693. The highest BCUT2D eigenvalue weighted by molar-refractivity contribution is 5.23. The second-order valence-electron chi connectivity index (χ2n) is 3.87. The molecule has 0 aliphatic carbocycles. The van der Waals surface area contributed by atoms with Crippen LogP contribution in [0, 0.1) is 19.8 Å². The van der Waals surface area contributed by atoms with E-state index >= 15 is 0 Å². The minimum absolute atomic E-state index is 0.693. The number of nitrogens with zero attached hydrogens (tertiary/aromatic N) is 1. The lowest BCUT2D eigenvalue weighted by Gasteiger charge is -2.07. The fourth-order valence-corrected chi connectivity index (χ4v) is 1.34. The van der Waals surface area contributed by atoms with Crippen LogP contribution in [0.25, 0.3) is 0 Å². The van der Waals surface area contributed by atoms with Crippen molar-refractivity contribution in [1.82, 2.24) is 4.98 Å². The molecule has 0 saturated heterocycles. The summed E-state index contributed by atoms with van der Waals surface area (Å²) in [6, 6.07) is 2.20. The zero-order valence-corrected chi connectivity index (χ0v) is 8.39. The summed E-state index contributed by atoms with van der Waals surface area (Å²) in [7, 11) is 0. The third-order valence-electron chi connectivity index (χ3n) is 1.92. The van der Waals surface area contributed by atoms with Gasteiger partial charge in [-0.2, -0.15) is 0 Å². The predicted octanol–water partition coefficient (Wildman–Crippen LogP) is 2.90. The van der Waals surface area contributed by atoms with E-state index in [1.54, 1.807) is 0 Å². The van der Waals surface area contributed by atoms with Crippen molar-refractivity contribution in [1.29, 1.82) is 0 Å². The molecule has 0 spiro atoms. The van der Waals surface area contributed by atoms with Gasteiger partial charge in [-0.15, -0.1) is 0 Å². The second kappa shape index (κ2) is 3.70. The number of hydrogen-bond donors (Lipinski definition) is 0. The summed E-state index contributed by atoms with van der Waals surface area (Å²) >= 11 is 0. The van der Waals surface area contributed by atoms with Crippen LogP contribution in [0.3, 0.4) is 0 Å². The van der Waals surface area contributed by atoms with Crippen LogP contribution in [0.2, 0.25) is 0 Å². The largest absolute Gasteiger partial charge is 0.261 e. The van der Waals surface area contributed by atoms with Crippen molar-refractivity contribution < 1.29 is 0 Å². The van der Waals surface area contributed by atoms with E-state index in [1.165, 1.54) is 16.8 Å². The van der Waals surface area contributed by atoms with Gasteiger partial charge in [0.15, 0.2) is 0 Å². The van der Waals surface area contributed by atoms with Gasteiger partial charge in [-0.1, -0.05) is 19.9 Å². The minimum Gasteiger partial charge on any atom is -0.261 e. The summed E-state index contributed by atoms with van der Waals surface area (Å²) in [5, 5.41) is 0. The highest BCUT2D eigenvalue weighted by atomic mass is 14.7. The standard InChI is InChI=1S/C11H17N/c1-8(2)5-11-10(4)6-9(3)7-12-11/h6-8H,5H2,1-4H3. The topological polar surface area (TPSA) is 12.9 Å². The van der Waals surface area contributed by atoms with E-state index in [2.05, 4.69) is 38.7 Å². The number of hydrogen-bond acceptors (Lipinski definition) is 1. The molecule has 0 radical (unpaired) electrons. The van der Waals surface area contributed by atoms with Gasteiger partial charge in [0, 0.05) is 11.9 Å². The van der Waals surface area contributed by atoms with Crippen LogP contribution in [0.5, 0.6) is 0 Å². The molecule has 0 aliphatic heterocycles. The first kappa shape index (κ1) is 9.24. The molecule has 0 bridgehead atoms. The Bertz CT molecular complexity index is 264. The fourth-order valence-electron chi connectivity index (χ4n) is 1.34. The smallest absolute Gasteiger partial charge is 0.0435 e. The monoisotopic (exact) mass is 163 g/mol. The van der Waals surface area contributed by atoms with Crippen LogP contribution in [-0.4, -0.2) is 4.98 Å². The normalized spacial score (nSPS) is 10.8. The number of pyridine rings is 1. The summed E-state index contributed by atoms with van der Waals surface area (Å²) in [5.74, 6) is 0.693. The first-order chi connectivity index (χ1) is 5.59. The first-order valence-electron chi connectivity index (χ1n) is 4.51. The molecule has 0 amide bonds. The Kier molecular flexibility index (Phi) is 2.85. The lowest BCUT2D eigenvalue weighted by molar-refractivity contribution is 0.632. The van der Waals surface area contributed by atoms with Crippen LogP contribution in [-0.2, 0) is 6.42 Å². The molecule has 0 atom stereocenters. The lowest BCUT2D eigenvalue weighted by atomic mass is 10.0. The van der Waals surface area contributed by atoms with E-state index in [-0.39, 0.29) is 0 Å². The summed E-state index contributed by atoms with van der Waals surface area (Å²) < 4.78 is 0. The molecule has 0 unspecified atom stereocenters. The van der Waals surface area contributed by atoms with Crippen molar-refractivity contribution in [3.63, 3.8) is 0 Å². The molecule has 0 fully saturated rings. The Morgan fingerprint density at radius 3 is 2.50 bits per heavy atom. The van der Waals surface area contributed by atoms with E-state index in [4.69, 9.17) is 0 Å². The van der Waals surface area contributed by atoms with Crippen LogP contribution < -0.4 is 0 Å². The Balaban J connectivity index is 2.86. The fraction of sp³-hybridized carbons (Fsp3) is 0.545. The molecule has 0 saturated carbocycles. The lowest BCUT2D eigenvalue weighted by Crippen LogP contribution is -2.00. The Hall–Kier alpha value is -0.850. The summed E-state index contributed by atoms with van der Waals surface area (Å²) in [6.07, 6.45) is 3.04. The highest BCUT2D eigenvalue weighted by Crippen LogP contribution is 2.11. The van der Waals surface area contributed by atoms with Crippen molar-refractivity contribution in [2.24, 2.45) is 5.92 Å². The molecule has 1 rings (SSSR count). The average molecular weight is 163 g/mol. The molecule has 0 aromatic carbocycles. The molecule has 1 aromatic heterocycles. The summed E-state index contributed by atoms with van der Waals surface area (Å²) in [6.45, 7) is 8.67. The van der Waals surface area contributed by atoms with Crippen molar-refractivity contribution in [2.45, 2.75) is 34.1 Å². The number of aromatic nitrogens is 1. The van der Waals surface area contributed by atoms with Gasteiger partial charge in [0.05, 0.1) is 0 Å². The van der Waals surface area contributed by atoms with Gasteiger partial charge in [-0.3, -0.25) is 4.98 Å². The molecule has 66 valence electrons. The maximum Gasteiger partial charge on any atom is 0.0435 e. The van der Waals surface area contributed by atoms with Crippen molar-refractivity contribution in [2.75, 3.05) is 0 Å². The quantitative estimate of drug-likeness (QED) is 0.653. The van der Waals surface area contributed by atoms with Crippen molar-refractivity contribution in [3.8, 4) is 0 Å². The second-order valence-corrected chi connectivity index (χ2v) is 3.87. The maximum atomic E-state index is 4.42. The van der Waals surface area contributed by atoms with Gasteiger partial charge < -0.3 is 0 Å². The highest BCUT2D eigenvalue weighted by Gasteiger charge is 2.02. The van der Waals surface area contributed by atoms with E-state index in [9.17, 15) is 0 Å². The SMILES string of the molecule is Cc1cnc(CC(C)C)c(C)c1. The molecular weight excluding hydrogens is 146 g/mol. The Morgan fingerprint density at radius 2 is 2.00 bits per heavy atom. The Morgan fingerprint density at radius 1 is 1.33 bits per heavy atom.